The summed E-state index contributed by atoms with van der Waals surface area (Å²) in [5.74, 6) is 2.33. The van der Waals surface area contributed by atoms with Gasteiger partial charge in [0.05, 0.1) is 13.7 Å². The second-order valence-corrected chi connectivity index (χ2v) is 6.13. The third-order valence-corrected chi connectivity index (χ3v) is 4.11. The van der Waals surface area contributed by atoms with Crippen molar-refractivity contribution >= 4 is 11.0 Å². The molecule has 0 saturated heterocycles. The van der Waals surface area contributed by atoms with E-state index < -0.39 is 0 Å². The molecule has 3 rings (SSSR count). The maximum absolute atomic E-state index is 5.89. The van der Waals surface area contributed by atoms with Gasteiger partial charge in [-0.1, -0.05) is 44.2 Å². The number of hydrogen-bond acceptors (Lipinski definition) is 3. The molecule has 0 saturated carbocycles. The van der Waals surface area contributed by atoms with Gasteiger partial charge in [-0.05, 0) is 35.7 Å². The Morgan fingerprint density at radius 1 is 1.04 bits per heavy atom. The Morgan fingerprint density at radius 3 is 2.43 bits per heavy atom. The van der Waals surface area contributed by atoms with Gasteiger partial charge in [0, 0.05) is 11.4 Å². The highest BCUT2D eigenvalue weighted by Crippen LogP contribution is 2.25. The van der Waals surface area contributed by atoms with E-state index in [2.05, 4.69) is 43.4 Å². The zero-order valence-corrected chi connectivity index (χ0v) is 13.9. The maximum atomic E-state index is 5.89. The van der Waals surface area contributed by atoms with E-state index in [-0.39, 0.29) is 6.04 Å². The molecule has 0 fully saturated rings. The first kappa shape index (κ1) is 15.6. The lowest BCUT2D eigenvalue weighted by molar-refractivity contribution is 0.387. The number of ether oxygens (including phenoxy) is 1. The van der Waals surface area contributed by atoms with Gasteiger partial charge in [0.2, 0.25) is 0 Å². The van der Waals surface area contributed by atoms with Gasteiger partial charge < -0.3 is 14.5 Å². The van der Waals surface area contributed by atoms with Gasteiger partial charge in [-0.3, -0.25) is 0 Å². The van der Waals surface area contributed by atoms with Crippen LogP contribution in [-0.4, -0.2) is 7.11 Å². The van der Waals surface area contributed by atoms with E-state index >= 15 is 0 Å². The molecule has 1 atom stereocenters. The first-order valence-corrected chi connectivity index (χ1v) is 8.02. The molecular formula is C20H23NO2. The predicted octanol–water partition coefficient (Wildman–Crippen LogP) is 4.93. The van der Waals surface area contributed by atoms with E-state index in [1.807, 2.05) is 30.3 Å². The Balaban J connectivity index is 1.74. The Morgan fingerprint density at radius 2 is 1.78 bits per heavy atom. The quantitative estimate of drug-likeness (QED) is 0.701. The van der Waals surface area contributed by atoms with Crippen molar-refractivity contribution in [2.24, 2.45) is 5.92 Å². The van der Waals surface area contributed by atoms with Crippen molar-refractivity contribution in [2.45, 2.75) is 26.4 Å². The Kier molecular flexibility index (Phi) is 4.68. The third kappa shape index (κ3) is 3.57. The first-order valence-electron chi connectivity index (χ1n) is 8.02. The SMILES string of the molecule is COc1ccc(C(NCc2cc3ccccc3o2)C(C)C)cc1. The molecule has 1 heterocycles. The van der Waals surface area contributed by atoms with Crippen LogP contribution in [0, 0.1) is 5.92 Å². The highest BCUT2D eigenvalue weighted by molar-refractivity contribution is 5.77. The van der Waals surface area contributed by atoms with Gasteiger partial charge in [0.1, 0.15) is 17.1 Å². The van der Waals surface area contributed by atoms with Gasteiger partial charge in [0.25, 0.3) is 0 Å². The predicted molar refractivity (Wildman–Crippen MR) is 93.6 cm³/mol. The van der Waals surface area contributed by atoms with Gasteiger partial charge in [-0.2, -0.15) is 0 Å². The van der Waals surface area contributed by atoms with Crippen molar-refractivity contribution in [1.82, 2.24) is 5.32 Å². The van der Waals surface area contributed by atoms with Crippen molar-refractivity contribution in [1.29, 1.82) is 0 Å². The number of hydrogen-bond donors (Lipinski definition) is 1. The zero-order valence-electron chi connectivity index (χ0n) is 13.9. The standard InChI is InChI=1S/C20H23NO2/c1-14(2)20(15-8-10-17(22-3)11-9-15)21-13-18-12-16-6-4-5-7-19(16)23-18/h4-12,14,20-21H,13H2,1-3H3. The molecule has 0 spiro atoms. The molecule has 0 aliphatic carbocycles. The molecule has 3 aromatic rings. The number of benzene rings is 2. The Labute approximate surface area is 137 Å². The fourth-order valence-corrected chi connectivity index (χ4v) is 2.88. The molecule has 1 unspecified atom stereocenters. The Bertz CT molecular complexity index is 726. The molecule has 2 aromatic carbocycles. The average Bonchev–Trinajstić information content (AvgIpc) is 2.98. The minimum absolute atomic E-state index is 0.272. The highest BCUT2D eigenvalue weighted by atomic mass is 16.5. The van der Waals surface area contributed by atoms with Gasteiger partial charge >= 0.3 is 0 Å². The first-order chi connectivity index (χ1) is 11.2. The van der Waals surface area contributed by atoms with Crippen molar-refractivity contribution in [2.75, 3.05) is 7.11 Å². The molecular weight excluding hydrogens is 286 g/mol. The molecule has 23 heavy (non-hydrogen) atoms. The molecule has 3 nitrogen and oxygen atoms in total. The molecule has 0 aliphatic rings. The topological polar surface area (TPSA) is 34.4 Å². The number of rotatable bonds is 6. The summed E-state index contributed by atoms with van der Waals surface area (Å²) in [6.45, 7) is 5.16. The maximum Gasteiger partial charge on any atom is 0.134 e. The van der Waals surface area contributed by atoms with Crippen LogP contribution in [0.25, 0.3) is 11.0 Å². The summed E-state index contributed by atoms with van der Waals surface area (Å²) in [7, 11) is 1.69. The van der Waals surface area contributed by atoms with Crippen molar-refractivity contribution in [3.8, 4) is 5.75 Å². The molecule has 1 N–H and O–H groups in total. The monoisotopic (exact) mass is 309 g/mol. The fraction of sp³-hybridized carbons (Fsp3) is 0.300. The molecule has 0 radical (unpaired) electrons. The summed E-state index contributed by atoms with van der Waals surface area (Å²) >= 11 is 0. The molecule has 3 heteroatoms. The average molecular weight is 309 g/mol. The largest absolute Gasteiger partial charge is 0.497 e. The van der Waals surface area contributed by atoms with Crippen molar-refractivity contribution in [3.63, 3.8) is 0 Å². The highest BCUT2D eigenvalue weighted by Gasteiger charge is 2.16. The van der Waals surface area contributed by atoms with Gasteiger partial charge in [0.15, 0.2) is 0 Å². The second-order valence-electron chi connectivity index (χ2n) is 6.13. The fourth-order valence-electron chi connectivity index (χ4n) is 2.88. The smallest absolute Gasteiger partial charge is 0.134 e. The summed E-state index contributed by atoms with van der Waals surface area (Å²) in [5, 5.41) is 4.76. The number of methoxy groups -OCH3 is 1. The number of fused-ring (bicyclic) bond motifs is 1. The molecule has 0 bridgehead atoms. The summed E-state index contributed by atoms with van der Waals surface area (Å²) in [6.07, 6.45) is 0. The van der Waals surface area contributed by atoms with Gasteiger partial charge in [-0.15, -0.1) is 0 Å². The van der Waals surface area contributed by atoms with E-state index in [1.54, 1.807) is 7.11 Å². The van der Waals surface area contributed by atoms with Crippen LogP contribution in [0.5, 0.6) is 5.75 Å². The van der Waals surface area contributed by atoms with E-state index in [0.717, 1.165) is 22.5 Å². The van der Waals surface area contributed by atoms with Crippen LogP contribution in [0.2, 0.25) is 0 Å². The lowest BCUT2D eigenvalue weighted by atomic mass is 9.96. The molecule has 1 aromatic heterocycles. The minimum Gasteiger partial charge on any atom is -0.497 e. The van der Waals surface area contributed by atoms with E-state index in [0.29, 0.717) is 12.5 Å². The molecule has 120 valence electrons. The summed E-state index contributed by atoms with van der Waals surface area (Å²) in [5.41, 5.74) is 2.20. The normalized spacial score (nSPS) is 12.7. The van der Waals surface area contributed by atoms with Crippen molar-refractivity contribution < 1.29 is 9.15 Å². The zero-order chi connectivity index (χ0) is 16.2. The van der Waals surface area contributed by atoms with Crippen LogP contribution in [0.4, 0.5) is 0 Å². The van der Waals surface area contributed by atoms with E-state index in [9.17, 15) is 0 Å². The van der Waals surface area contributed by atoms with E-state index in [1.165, 1.54) is 5.56 Å². The Hall–Kier alpha value is -2.26. The number of para-hydroxylation sites is 1. The van der Waals surface area contributed by atoms with Crippen LogP contribution in [0.15, 0.2) is 59.0 Å². The van der Waals surface area contributed by atoms with Crippen LogP contribution in [0.1, 0.15) is 31.2 Å². The van der Waals surface area contributed by atoms with Gasteiger partial charge in [-0.25, -0.2) is 0 Å². The summed E-state index contributed by atoms with van der Waals surface area (Å²) < 4.78 is 11.1. The summed E-state index contributed by atoms with van der Waals surface area (Å²) in [4.78, 5) is 0. The van der Waals surface area contributed by atoms with Crippen molar-refractivity contribution in [3.05, 3.63) is 65.9 Å². The van der Waals surface area contributed by atoms with E-state index in [4.69, 9.17) is 9.15 Å². The molecule has 0 aliphatic heterocycles. The number of furan rings is 1. The lowest BCUT2D eigenvalue weighted by Gasteiger charge is -2.22. The third-order valence-electron chi connectivity index (χ3n) is 4.11. The van der Waals surface area contributed by atoms with Crippen LogP contribution >= 0.6 is 0 Å². The lowest BCUT2D eigenvalue weighted by Crippen LogP contribution is -2.25. The van der Waals surface area contributed by atoms with Crippen LogP contribution in [0.3, 0.4) is 0 Å². The van der Waals surface area contributed by atoms with Crippen LogP contribution < -0.4 is 10.1 Å². The second kappa shape index (κ2) is 6.88. The number of nitrogens with one attached hydrogen (secondary N) is 1. The summed E-state index contributed by atoms with van der Waals surface area (Å²) in [6, 6.07) is 18.7. The van der Waals surface area contributed by atoms with Crippen LogP contribution in [-0.2, 0) is 6.54 Å². The minimum atomic E-state index is 0.272. The molecule has 0 amide bonds.